The monoisotopic (exact) mass is 450 g/mol. The van der Waals surface area contributed by atoms with E-state index in [0.717, 1.165) is 11.1 Å². The van der Waals surface area contributed by atoms with Crippen molar-refractivity contribution < 1.29 is 22.7 Å². The molecule has 3 aromatic rings. The third-order valence-corrected chi connectivity index (χ3v) is 7.23. The summed E-state index contributed by atoms with van der Waals surface area (Å²) in [7, 11) is -3.82. The van der Waals surface area contributed by atoms with Gasteiger partial charge in [0.25, 0.3) is 5.91 Å². The van der Waals surface area contributed by atoms with Crippen molar-refractivity contribution in [3.8, 4) is 0 Å². The fraction of sp³-hybridized carbons (Fsp3) is 0.167. The lowest BCUT2D eigenvalue weighted by Gasteiger charge is -2.28. The van der Waals surface area contributed by atoms with Crippen molar-refractivity contribution in [2.24, 2.45) is 5.73 Å². The first-order valence-corrected chi connectivity index (χ1v) is 11.5. The van der Waals surface area contributed by atoms with Gasteiger partial charge in [-0.1, -0.05) is 60.7 Å². The van der Waals surface area contributed by atoms with Gasteiger partial charge in [-0.3, -0.25) is 4.79 Å². The first-order valence-electron chi connectivity index (χ1n) is 10.1. The molecule has 1 heterocycles. The van der Waals surface area contributed by atoms with E-state index < -0.39 is 28.0 Å². The summed E-state index contributed by atoms with van der Waals surface area (Å²) in [6, 6.07) is 21.8. The second-order valence-corrected chi connectivity index (χ2v) is 9.42. The molecule has 1 amide bonds. The first kappa shape index (κ1) is 21.7. The predicted octanol–water partition coefficient (Wildman–Crippen LogP) is 2.82. The number of nitrogens with zero attached hydrogens (tertiary/aromatic N) is 1. The van der Waals surface area contributed by atoms with Gasteiger partial charge in [0.05, 0.1) is 10.5 Å². The number of nitrogens with two attached hydrogens (primary N) is 1. The molecule has 1 aliphatic rings. The highest BCUT2D eigenvalue weighted by Crippen LogP contribution is 2.26. The standard InChI is InChI=1S/C24H22N2O5S/c25-23(27)22(18-8-2-1-3-9-18)31-24(28)19-11-6-12-21(15-19)32(29,30)26-14-13-17-7-4-5-10-20(17)16-26/h1-12,15,22H,13-14,16H2,(H2,25,27). The molecule has 32 heavy (non-hydrogen) atoms. The SMILES string of the molecule is NC(=O)C(OC(=O)c1cccc(S(=O)(=O)N2CCc3ccccc3C2)c1)c1ccccc1. The lowest BCUT2D eigenvalue weighted by molar-refractivity contribution is -0.127. The van der Waals surface area contributed by atoms with Crippen molar-refractivity contribution in [2.75, 3.05) is 6.54 Å². The zero-order chi connectivity index (χ0) is 22.7. The van der Waals surface area contributed by atoms with Gasteiger partial charge in [0.2, 0.25) is 16.1 Å². The molecule has 0 bridgehead atoms. The number of primary amides is 1. The molecule has 0 aromatic heterocycles. The minimum Gasteiger partial charge on any atom is -0.444 e. The number of carbonyl (C=O) groups is 2. The molecular formula is C24H22N2O5S. The number of sulfonamides is 1. The number of hydrogen-bond donors (Lipinski definition) is 1. The summed E-state index contributed by atoms with van der Waals surface area (Å²) < 4.78 is 33.2. The average Bonchev–Trinajstić information content (AvgIpc) is 2.82. The third kappa shape index (κ3) is 4.42. The van der Waals surface area contributed by atoms with Crippen LogP contribution in [0, 0.1) is 0 Å². The van der Waals surface area contributed by atoms with E-state index in [1.807, 2.05) is 24.3 Å². The van der Waals surface area contributed by atoms with E-state index in [1.54, 1.807) is 30.3 Å². The number of carbonyl (C=O) groups excluding carboxylic acids is 2. The minimum absolute atomic E-state index is 0.0123. The Morgan fingerprint density at radius 1 is 0.906 bits per heavy atom. The van der Waals surface area contributed by atoms with Crippen molar-refractivity contribution in [1.29, 1.82) is 0 Å². The molecule has 7 nitrogen and oxygen atoms in total. The Morgan fingerprint density at radius 3 is 2.31 bits per heavy atom. The third-order valence-electron chi connectivity index (χ3n) is 5.39. The van der Waals surface area contributed by atoms with Crippen molar-refractivity contribution in [2.45, 2.75) is 24.0 Å². The second kappa shape index (κ2) is 8.94. The molecule has 4 rings (SSSR count). The highest BCUT2D eigenvalue weighted by atomic mass is 32.2. The summed E-state index contributed by atoms with van der Waals surface area (Å²) in [4.78, 5) is 24.5. The van der Waals surface area contributed by atoms with Gasteiger partial charge in [-0.05, 0) is 35.7 Å². The topological polar surface area (TPSA) is 107 Å². The predicted molar refractivity (Wildman–Crippen MR) is 118 cm³/mol. The maximum atomic E-state index is 13.2. The van der Waals surface area contributed by atoms with Gasteiger partial charge in [0.1, 0.15) is 0 Å². The Bertz CT molecular complexity index is 1260. The number of fused-ring (bicyclic) bond motifs is 1. The highest BCUT2D eigenvalue weighted by Gasteiger charge is 2.29. The number of amides is 1. The zero-order valence-corrected chi connectivity index (χ0v) is 18.0. The Kier molecular flexibility index (Phi) is 6.07. The number of esters is 1. The van der Waals surface area contributed by atoms with Crippen molar-refractivity contribution in [3.63, 3.8) is 0 Å². The van der Waals surface area contributed by atoms with E-state index in [1.165, 1.54) is 28.6 Å². The van der Waals surface area contributed by atoms with Crippen LogP contribution < -0.4 is 5.73 Å². The largest absolute Gasteiger partial charge is 0.444 e. The van der Waals surface area contributed by atoms with Crippen LogP contribution in [0.1, 0.15) is 33.2 Å². The van der Waals surface area contributed by atoms with E-state index in [2.05, 4.69) is 0 Å². The minimum atomic E-state index is -3.82. The molecule has 3 aromatic carbocycles. The van der Waals surface area contributed by atoms with Crippen LogP contribution in [0.15, 0.2) is 83.8 Å². The number of ether oxygens (including phenoxy) is 1. The van der Waals surface area contributed by atoms with Crippen LogP contribution in [-0.2, 0) is 32.5 Å². The summed E-state index contributed by atoms with van der Waals surface area (Å²) in [6.07, 6.45) is -0.656. The number of rotatable bonds is 6. The molecule has 2 N–H and O–H groups in total. The smallest absolute Gasteiger partial charge is 0.339 e. The van der Waals surface area contributed by atoms with E-state index in [9.17, 15) is 18.0 Å². The van der Waals surface area contributed by atoms with Crippen LogP contribution in [0.5, 0.6) is 0 Å². The van der Waals surface area contributed by atoms with Crippen LogP contribution in [0.25, 0.3) is 0 Å². The van der Waals surface area contributed by atoms with Crippen LogP contribution in [0.3, 0.4) is 0 Å². The molecule has 164 valence electrons. The van der Waals surface area contributed by atoms with Gasteiger partial charge in [0, 0.05) is 18.7 Å². The first-order chi connectivity index (χ1) is 15.4. The summed E-state index contributed by atoms with van der Waals surface area (Å²) in [5.41, 5.74) is 7.96. The lowest BCUT2D eigenvalue weighted by Crippen LogP contribution is -2.36. The van der Waals surface area contributed by atoms with Gasteiger partial charge >= 0.3 is 5.97 Å². The Hall–Kier alpha value is -3.49. The molecule has 0 fully saturated rings. The molecule has 1 aliphatic heterocycles. The fourth-order valence-electron chi connectivity index (χ4n) is 3.70. The van der Waals surface area contributed by atoms with Crippen molar-refractivity contribution in [3.05, 3.63) is 101 Å². The van der Waals surface area contributed by atoms with Crippen molar-refractivity contribution >= 4 is 21.9 Å². The van der Waals surface area contributed by atoms with Gasteiger partial charge in [-0.2, -0.15) is 4.31 Å². The summed E-state index contributed by atoms with van der Waals surface area (Å²) in [5, 5.41) is 0. The van der Waals surface area contributed by atoms with Crippen molar-refractivity contribution in [1.82, 2.24) is 4.31 Å². The average molecular weight is 451 g/mol. The zero-order valence-electron chi connectivity index (χ0n) is 17.2. The van der Waals surface area contributed by atoms with E-state index in [0.29, 0.717) is 18.5 Å². The van der Waals surface area contributed by atoms with Crippen LogP contribution >= 0.6 is 0 Å². The Morgan fingerprint density at radius 2 is 1.59 bits per heavy atom. The number of hydrogen-bond acceptors (Lipinski definition) is 5. The Labute approximate surface area is 186 Å². The van der Waals surface area contributed by atoms with E-state index in [4.69, 9.17) is 10.5 Å². The number of benzene rings is 3. The molecule has 1 unspecified atom stereocenters. The molecule has 8 heteroatoms. The molecule has 0 spiro atoms. The maximum absolute atomic E-state index is 13.2. The van der Waals surface area contributed by atoms with Gasteiger partial charge in [-0.25, -0.2) is 13.2 Å². The summed E-state index contributed by atoms with van der Waals surface area (Å²) >= 11 is 0. The fourth-order valence-corrected chi connectivity index (χ4v) is 5.17. The molecule has 0 radical (unpaired) electrons. The van der Waals surface area contributed by atoms with Crippen LogP contribution in [0.4, 0.5) is 0 Å². The molecule has 0 saturated heterocycles. The van der Waals surface area contributed by atoms with E-state index in [-0.39, 0.29) is 17.0 Å². The van der Waals surface area contributed by atoms with Gasteiger partial charge < -0.3 is 10.5 Å². The summed E-state index contributed by atoms with van der Waals surface area (Å²) in [5.74, 6) is -1.65. The second-order valence-electron chi connectivity index (χ2n) is 7.48. The maximum Gasteiger partial charge on any atom is 0.339 e. The summed E-state index contributed by atoms with van der Waals surface area (Å²) in [6.45, 7) is 0.622. The van der Waals surface area contributed by atoms with Gasteiger partial charge in [0.15, 0.2) is 0 Å². The van der Waals surface area contributed by atoms with Gasteiger partial charge in [-0.15, -0.1) is 0 Å². The van der Waals surface area contributed by atoms with Crippen LogP contribution in [-0.4, -0.2) is 31.1 Å². The Balaban J connectivity index is 1.56. The quantitative estimate of drug-likeness (QED) is 0.581. The molecular weight excluding hydrogens is 428 g/mol. The van der Waals surface area contributed by atoms with Crippen LogP contribution in [0.2, 0.25) is 0 Å². The highest BCUT2D eigenvalue weighted by molar-refractivity contribution is 7.89. The molecule has 0 saturated carbocycles. The van der Waals surface area contributed by atoms with E-state index >= 15 is 0 Å². The normalized spacial score (nSPS) is 14.9. The molecule has 0 aliphatic carbocycles. The molecule has 1 atom stereocenters. The lowest BCUT2D eigenvalue weighted by atomic mass is 10.0.